The Bertz CT molecular complexity index is 128. The Morgan fingerprint density at radius 3 is 2.40 bits per heavy atom. The third kappa shape index (κ3) is 2.20. The molecule has 0 unspecified atom stereocenters. The molecule has 0 spiro atoms. The Morgan fingerprint density at radius 2 is 2.00 bits per heavy atom. The molecule has 1 saturated heterocycles. The van der Waals surface area contributed by atoms with E-state index in [2.05, 4.69) is 26.0 Å². The van der Waals surface area contributed by atoms with Crippen LogP contribution in [-0.4, -0.2) is 21.9 Å². The molecule has 1 aliphatic heterocycles. The second-order valence-corrected chi connectivity index (χ2v) is 4.23. The molecule has 3 heteroatoms. The molecular formula is C7H13IN2. The lowest BCUT2D eigenvalue weighted by Gasteiger charge is -2.26. The van der Waals surface area contributed by atoms with Crippen LogP contribution >= 0.6 is 22.9 Å². The van der Waals surface area contributed by atoms with Crippen LogP contribution in [0.15, 0.2) is 0 Å². The summed E-state index contributed by atoms with van der Waals surface area (Å²) in [6, 6.07) is 0. The van der Waals surface area contributed by atoms with E-state index in [-0.39, 0.29) is 0 Å². The van der Waals surface area contributed by atoms with Gasteiger partial charge in [0, 0.05) is 41.7 Å². The molecule has 0 aromatic heterocycles. The summed E-state index contributed by atoms with van der Waals surface area (Å²) in [5.41, 5.74) is 0.865. The van der Waals surface area contributed by atoms with Crippen LogP contribution in [0.5, 0.6) is 0 Å². The lowest BCUT2D eigenvalue weighted by atomic mass is 9.94. The quantitative estimate of drug-likeness (QED) is 0.432. The van der Waals surface area contributed by atoms with E-state index in [1.54, 1.807) is 0 Å². The van der Waals surface area contributed by atoms with Gasteiger partial charge in [0.25, 0.3) is 0 Å². The molecule has 10 heavy (non-hydrogen) atoms. The van der Waals surface area contributed by atoms with Gasteiger partial charge in [-0.3, -0.25) is 0 Å². The smallest absolute Gasteiger partial charge is 0.0201 e. The third-order valence-electron chi connectivity index (χ3n) is 2.05. The fourth-order valence-electron chi connectivity index (χ4n) is 1.28. The molecule has 58 valence electrons. The Labute approximate surface area is 76.0 Å². The number of piperidine rings is 1. The fraction of sp³-hybridized carbons (Fsp3) is 0.857. The standard InChI is InChI=1S/C7H13IN2/c1-6(9)7-2-4-10(8)5-3-7/h7,9H,2-5H2,1H3. The van der Waals surface area contributed by atoms with Crippen LogP contribution in [0, 0.1) is 11.3 Å². The largest absolute Gasteiger partial charge is 0.310 e. The number of nitrogens with zero attached hydrogens (tertiary/aromatic N) is 1. The van der Waals surface area contributed by atoms with E-state index in [0.29, 0.717) is 5.92 Å². The highest BCUT2D eigenvalue weighted by Crippen LogP contribution is 2.19. The molecule has 0 aromatic carbocycles. The molecule has 0 radical (unpaired) electrons. The lowest BCUT2D eigenvalue weighted by molar-refractivity contribution is 0.363. The van der Waals surface area contributed by atoms with Gasteiger partial charge < -0.3 is 5.41 Å². The van der Waals surface area contributed by atoms with Gasteiger partial charge in [-0.15, -0.1) is 0 Å². The SMILES string of the molecule is CC(=N)C1CCN(I)CC1. The summed E-state index contributed by atoms with van der Waals surface area (Å²) in [5.74, 6) is 0.575. The maximum Gasteiger partial charge on any atom is 0.0201 e. The van der Waals surface area contributed by atoms with Crippen molar-refractivity contribution in [2.45, 2.75) is 19.8 Å². The van der Waals surface area contributed by atoms with Gasteiger partial charge in [0.15, 0.2) is 0 Å². The molecule has 0 bridgehead atoms. The van der Waals surface area contributed by atoms with Crippen molar-refractivity contribution in [2.24, 2.45) is 5.92 Å². The van der Waals surface area contributed by atoms with E-state index in [9.17, 15) is 0 Å². The molecule has 1 aliphatic rings. The molecular weight excluding hydrogens is 239 g/mol. The van der Waals surface area contributed by atoms with Crippen LogP contribution in [-0.2, 0) is 0 Å². The average molecular weight is 252 g/mol. The van der Waals surface area contributed by atoms with Crippen LogP contribution in [0.2, 0.25) is 0 Å². The zero-order chi connectivity index (χ0) is 7.56. The summed E-state index contributed by atoms with van der Waals surface area (Å²) in [6.07, 6.45) is 2.36. The van der Waals surface area contributed by atoms with E-state index in [1.807, 2.05) is 6.92 Å². The van der Waals surface area contributed by atoms with Crippen LogP contribution in [0.25, 0.3) is 0 Å². The van der Waals surface area contributed by atoms with Gasteiger partial charge >= 0.3 is 0 Å². The first-order chi connectivity index (χ1) is 4.70. The Kier molecular flexibility index (Phi) is 3.10. The van der Waals surface area contributed by atoms with E-state index in [0.717, 1.165) is 18.8 Å². The molecule has 1 fully saturated rings. The van der Waals surface area contributed by atoms with Gasteiger partial charge in [-0.05, 0) is 25.7 Å². The monoisotopic (exact) mass is 252 g/mol. The molecule has 0 aromatic rings. The predicted octanol–water partition coefficient (Wildman–Crippen LogP) is 2.09. The van der Waals surface area contributed by atoms with Crippen molar-refractivity contribution in [1.82, 2.24) is 3.11 Å². The minimum absolute atomic E-state index is 0.575. The zero-order valence-electron chi connectivity index (χ0n) is 6.23. The fourth-order valence-corrected chi connectivity index (χ4v) is 1.84. The summed E-state index contributed by atoms with van der Waals surface area (Å²) >= 11 is 2.35. The zero-order valence-corrected chi connectivity index (χ0v) is 8.39. The van der Waals surface area contributed by atoms with Crippen LogP contribution in [0.3, 0.4) is 0 Å². The highest BCUT2D eigenvalue weighted by molar-refractivity contribution is 14.1. The predicted molar refractivity (Wildman–Crippen MR) is 51.7 cm³/mol. The summed E-state index contributed by atoms with van der Waals surface area (Å²) < 4.78 is 2.30. The van der Waals surface area contributed by atoms with Crippen molar-refractivity contribution in [3.63, 3.8) is 0 Å². The van der Waals surface area contributed by atoms with Gasteiger partial charge in [-0.1, -0.05) is 0 Å². The molecule has 1 rings (SSSR count). The van der Waals surface area contributed by atoms with Crippen LogP contribution in [0.1, 0.15) is 19.8 Å². The Balaban J connectivity index is 2.33. The summed E-state index contributed by atoms with van der Waals surface area (Å²) in [5, 5.41) is 7.43. The van der Waals surface area contributed by atoms with Crippen molar-refractivity contribution in [3.05, 3.63) is 0 Å². The van der Waals surface area contributed by atoms with E-state index in [1.165, 1.54) is 12.8 Å². The normalized spacial score (nSPS) is 23.0. The molecule has 0 atom stereocenters. The van der Waals surface area contributed by atoms with Crippen molar-refractivity contribution >= 4 is 28.6 Å². The molecule has 0 amide bonds. The summed E-state index contributed by atoms with van der Waals surface area (Å²) in [4.78, 5) is 0. The minimum Gasteiger partial charge on any atom is -0.310 e. The van der Waals surface area contributed by atoms with Crippen LogP contribution < -0.4 is 0 Å². The second-order valence-electron chi connectivity index (χ2n) is 2.87. The van der Waals surface area contributed by atoms with Crippen LogP contribution in [0.4, 0.5) is 0 Å². The topological polar surface area (TPSA) is 27.1 Å². The lowest BCUT2D eigenvalue weighted by Crippen LogP contribution is -2.28. The van der Waals surface area contributed by atoms with Crippen molar-refractivity contribution in [2.75, 3.05) is 13.1 Å². The minimum atomic E-state index is 0.575. The first kappa shape index (κ1) is 8.46. The summed E-state index contributed by atoms with van der Waals surface area (Å²) in [6.45, 7) is 4.23. The molecule has 2 nitrogen and oxygen atoms in total. The van der Waals surface area contributed by atoms with Crippen molar-refractivity contribution in [1.29, 1.82) is 5.41 Å². The van der Waals surface area contributed by atoms with Crippen molar-refractivity contribution in [3.8, 4) is 0 Å². The maximum atomic E-state index is 7.43. The number of hydrogen-bond donors (Lipinski definition) is 1. The molecule has 0 aliphatic carbocycles. The van der Waals surface area contributed by atoms with Crippen molar-refractivity contribution < 1.29 is 0 Å². The number of rotatable bonds is 1. The Hall–Kier alpha value is 0.360. The first-order valence-corrected chi connectivity index (χ1v) is 4.62. The molecule has 1 heterocycles. The number of hydrogen-bond acceptors (Lipinski definition) is 2. The molecule has 0 saturated carbocycles. The van der Waals surface area contributed by atoms with Gasteiger partial charge in [0.2, 0.25) is 0 Å². The van der Waals surface area contributed by atoms with Gasteiger partial charge in [0.1, 0.15) is 0 Å². The summed E-state index contributed by atoms with van der Waals surface area (Å²) in [7, 11) is 0. The van der Waals surface area contributed by atoms with E-state index in [4.69, 9.17) is 5.41 Å². The number of nitrogens with one attached hydrogen (secondary N) is 1. The average Bonchev–Trinajstić information content (AvgIpc) is 1.88. The Morgan fingerprint density at radius 1 is 1.50 bits per heavy atom. The van der Waals surface area contributed by atoms with Gasteiger partial charge in [0.05, 0.1) is 0 Å². The van der Waals surface area contributed by atoms with E-state index >= 15 is 0 Å². The highest BCUT2D eigenvalue weighted by Gasteiger charge is 2.18. The highest BCUT2D eigenvalue weighted by atomic mass is 127. The van der Waals surface area contributed by atoms with Gasteiger partial charge in [-0.2, -0.15) is 0 Å². The third-order valence-corrected chi connectivity index (χ3v) is 3.02. The number of halogens is 1. The second kappa shape index (κ2) is 3.67. The first-order valence-electron chi connectivity index (χ1n) is 3.66. The molecule has 1 N–H and O–H groups in total. The maximum absolute atomic E-state index is 7.43. The van der Waals surface area contributed by atoms with Gasteiger partial charge in [-0.25, -0.2) is 3.11 Å². The van der Waals surface area contributed by atoms with E-state index < -0.39 is 0 Å².